The highest BCUT2D eigenvalue weighted by Crippen LogP contribution is 2.19. The van der Waals surface area contributed by atoms with Gasteiger partial charge in [0.2, 0.25) is 0 Å². The van der Waals surface area contributed by atoms with Gasteiger partial charge < -0.3 is 21.4 Å². The van der Waals surface area contributed by atoms with E-state index in [0.29, 0.717) is 0 Å². The second kappa shape index (κ2) is 4.67. The molecule has 0 fully saturated rings. The molecule has 0 N–H and O–H groups in total. The van der Waals surface area contributed by atoms with Gasteiger partial charge in [-0.25, -0.2) is 9.37 Å². The number of pyridine rings is 1. The van der Waals surface area contributed by atoms with E-state index < -0.39 is 0 Å². The van der Waals surface area contributed by atoms with Crippen LogP contribution in [-0.2, 0) is 0 Å². The predicted molar refractivity (Wildman–Crippen MR) is 60.6 cm³/mol. The Morgan fingerprint density at radius 3 is 2.47 bits per heavy atom. The summed E-state index contributed by atoms with van der Waals surface area (Å²) in [5.74, 6) is -0.229. The first-order valence-corrected chi connectivity index (χ1v) is 5.02. The first-order valence-electron chi connectivity index (χ1n) is 5.02. The molecule has 1 aromatic carbocycles. The molecule has 4 heteroatoms. The third-order valence-corrected chi connectivity index (χ3v) is 2.50. The highest BCUT2D eigenvalue weighted by atomic mass is 79.9. The summed E-state index contributed by atoms with van der Waals surface area (Å²) in [7, 11) is 0. The van der Waals surface area contributed by atoms with E-state index in [4.69, 9.17) is 0 Å². The third kappa shape index (κ3) is 2.22. The molecule has 0 unspecified atom stereocenters. The van der Waals surface area contributed by atoms with Crippen LogP contribution in [0.3, 0.4) is 0 Å². The van der Waals surface area contributed by atoms with Crippen LogP contribution in [-0.4, -0.2) is 9.38 Å². The number of imidazole rings is 1. The Hall–Kier alpha value is -1.68. The minimum absolute atomic E-state index is 0. The molecule has 86 valence electrons. The first kappa shape index (κ1) is 11.8. The Morgan fingerprint density at radius 1 is 1.00 bits per heavy atom. The zero-order valence-corrected chi connectivity index (χ0v) is 10.4. The topological polar surface area (TPSA) is 17.3 Å². The number of hydrogen-bond acceptors (Lipinski definition) is 1. The number of fused-ring (bicyclic) bond motifs is 1. The molecule has 0 aliphatic rings. The number of aromatic nitrogens is 2. The lowest BCUT2D eigenvalue weighted by molar-refractivity contribution is -0.00000385. The van der Waals surface area contributed by atoms with Crippen LogP contribution < -0.4 is 17.0 Å². The first-order chi connectivity index (χ1) is 7.83. The second-order valence-corrected chi connectivity index (χ2v) is 3.60. The van der Waals surface area contributed by atoms with Crippen LogP contribution in [0.4, 0.5) is 4.39 Å². The summed E-state index contributed by atoms with van der Waals surface area (Å²) in [6.45, 7) is 0. The van der Waals surface area contributed by atoms with Crippen LogP contribution in [0.5, 0.6) is 0 Å². The van der Waals surface area contributed by atoms with E-state index in [1.807, 2.05) is 35.0 Å². The molecule has 0 aliphatic carbocycles. The maximum atomic E-state index is 12.8. The lowest BCUT2D eigenvalue weighted by atomic mass is 10.2. The van der Waals surface area contributed by atoms with Crippen molar-refractivity contribution in [1.29, 1.82) is 0 Å². The summed E-state index contributed by atoms with van der Waals surface area (Å²) in [6.07, 6.45) is 3.87. The molecular formula is C13H9BrFN2-. The molecule has 0 saturated carbocycles. The van der Waals surface area contributed by atoms with Gasteiger partial charge in [0.1, 0.15) is 11.5 Å². The number of hydrogen-bond donors (Lipinski definition) is 0. The second-order valence-electron chi connectivity index (χ2n) is 3.60. The SMILES string of the molecule is Fc1ccc(-c2cn3ccccc3n2)cc1.[Br-]. The standard InChI is InChI=1S/C13H9FN2.BrH/c14-11-6-4-10(5-7-11)12-9-16-8-2-1-3-13(16)15-12;/h1-9H;1H/p-1. The molecule has 17 heavy (non-hydrogen) atoms. The third-order valence-electron chi connectivity index (χ3n) is 2.50. The molecule has 0 spiro atoms. The summed E-state index contributed by atoms with van der Waals surface area (Å²) in [4.78, 5) is 4.45. The van der Waals surface area contributed by atoms with Gasteiger partial charge in [-0.2, -0.15) is 0 Å². The Bertz CT molecular complexity index is 598. The van der Waals surface area contributed by atoms with E-state index in [1.54, 1.807) is 12.1 Å². The van der Waals surface area contributed by atoms with E-state index in [1.165, 1.54) is 12.1 Å². The van der Waals surface area contributed by atoms with Crippen molar-refractivity contribution in [3.8, 4) is 11.3 Å². The normalized spacial score (nSPS) is 10.2. The quantitative estimate of drug-likeness (QED) is 0.624. The van der Waals surface area contributed by atoms with Crippen molar-refractivity contribution < 1.29 is 21.4 Å². The van der Waals surface area contributed by atoms with Gasteiger partial charge in [-0.3, -0.25) is 0 Å². The summed E-state index contributed by atoms with van der Waals surface area (Å²) in [6, 6.07) is 12.2. The molecule has 3 rings (SSSR count). The Labute approximate surface area is 109 Å². The van der Waals surface area contributed by atoms with Crippen molar-refractivity contribution in [1.82, 2.24) is 9.38 Å². The number of benzene rings is 1. The summed E-state index contributed by atoms with van der Waals surface area (Å²) < 4.78 is 14.7. The van der Waals surface area contributed by atoms with Gasteiger partial charge in [-0.05, 0) is 36.4 Å². The molecule has 0 radical (unpaired) electrons. The Balaban J connectivity index is 0.00000108. The van der Waals surface area contributed by atoms with Gasteiger partial charge in [0.15, 0.2) is 0 Å². The predicted octanol–water partition coefficient (Wildman–Crippen LogP) is 0.144. The lowest BCUT2D eigenvalue weighted by Gasteiger charge is -1.94. The minimum atomic E-state index is -0.229. The molecule has 3 aromatic rings. The molecule has 0 amide bonds. The zero-order valence-electron chi connectivity index (χ0n) is 8.85. The van der Waals surface area contributed by atoms with Crippen molar-refractivity contribution in [2.75, 3.05) is 0 Å². The summed E-state index contributed by atoms with van der Waals surface area (Å²) in [5, 5.41) is 0. The maximum absolute atomic E-state index is 12.8. The van der Waals surface area contributed by atoms with Gasteiger partial charge >= 0.3 is 0 Å². The van der Waals surface area contributed by atoms with Crippen LogP contribution in [0, 0.1) is 5.82 Å². The van der Waals surface area contributed by atoms with E-state index >= 15 is 0 Å². The molecule has 0 bridgehead atoms. The summed E-state index contributed by atoms with van der Waals surface area (Å²) >= 11 is 0. The zero-order chi connectivity index (χ0) is 11.0. The van der Waals surface area contributed by atoms with E-state index in [9.17, 15) is 4.39 Å². The monoisotopic (exact) mass is 291 g/mol. The fraction of sp³-hybridized carbons (Fsp3) is 0. The largest absolute Gasteiger partial charge is 1.00 e. The van der Waals surface area contributed by atoms with Crippen molar-refractivity contribution in [3.05, 3.63) is 60.7 Å². The average Bonchev–Trinajstić information content (AvgIpc) is 2.73. The van der Waals surface area contributed by atoms with Crippen LogP contribution in [0.1, 0.15) is 0 Å². The Morgan fingerprint density at radius 2 is 1.76 bits per heavy atom. The number of rotatable bonds is 1. The molecular weight excluding hydrogens is 283 g/mol. The highest BCUT2D eigenvalue weighted by molar-refractivity contribution is 5.62. The van der Waals surface area contributed by atoms with Crippen LogP contribution in [0.15, 0.2) is 54.9 Å². The maximum Gasteiger partial charge on any atom is 0.137 e. The van der Waals surface area contributed by atoms with Gasteiger partial charge in [0.25, 0.3) is 0 Å². The molecule has 2 aromatic heterocycles. The van der Waals surface area contributed by atoms with Crippen molar-refractivity contribution in [2.45, 2.75) is 0 Å². The lowest BCUT2D eigenvalue weighted by Crippen LogP contribution is -3.00. The van der Waals surface area contributed by atoms with Gasteiger partial charge in [0.05, 0.1) is 5.69 Å². The average molecular weight is 292 g/mol. The highest BCUT2D eigenvalue weighted by Gasteiger charge is 2.03. The van der Waals surface area contributed by atoms with Crippen LogP contribution >= 0.6 is 0 Å². The van der Waals surface area contributed by atoms with Crippen LogP contribution in [0.25, 0.3) is 16.9 Å². The fourth-order valence-corrected chi connectivity index (χ4v) is 1.69. The molecule has 2 nitrogen and oxygen atoms in total. The Kier molecular flexibility index (Phi) is 3.24. The van der Waals surface area contributed by atoms with E-state index in [2.05, 4.69) is 4.98 Å². The van der Waals surface area contributed by atoms with E-state index in [0.717, 1.165) is 16.9 Å². The molecule has 0 atom stereocenters. The van der Waals surface area contributed by atoms with Gasteiger partial charge in [-0.15, -0.1) is 0 Å². The molecule has 2 heterocycles. The minimum Gasteiger partial charge on any atom is -1.00 e. The van der Waals surface area contributed by atoms with Gasteiger partial charge in [-0.1, -0.05) is 6.07 Å². The fourth-order valence-electron chi connectivity index (χ4n) is 1.69. The van der Waals surface area contributed by atoms with Gasteiger partial charge in [0, 0.05) is 18.0 Å². The number of nitrogens with zero attached hydrogens (tertiary/aromatic N) is 2. The molecule has 0 saturated heterocycles. The smallest absolute Gasteiger partial charge is 0.137 e. The van der Waals surface area contributed by atoms with Crippen molar-refractivity contribution in [3.63, 3.8) is 0 Å². The number of halogens is 2. The van der Waals surface area contributed by atoms with Crippen LogP contribution in [0.2, 0.25) is 0 Å². The van der Waals surface area contributed by atoms with E-state index in [-0.39, 0.29) is 22.8 Å². The van der Waals surface area contributed by atoms with Crippen molar-refractivity contribution >= 4 is 5.65 Å². The summed E-state index contributed by atoms with van der Waals surface area (Å²) in [5.41, 5.74) is 2.66. The molecule has 0 aliphatic heterocycles. The van der Waals surface area contributed by atoms with Crippen molar-refractivity contribution in [2.24, 2.45) is 0 Å².